The van der Waals surface area contributed by atoms with Crippen molar-refractivity contribution in [3.63, 3.8) is 0 Å². The molecular formula is C14H16BrN3OS. The second-order valence-electron chi connectivity index (χ2n) is 5.22. The van der Waals surface area contributed by atoms with Gasteiger partial charge in [-0.2, -0.15) is 4.98 Å². The topological polar surface area (TPSA) is 51.0 Å². The van der Waals surface area contributed by atoms with Crippen LogP contribution in [-0.4, -0.2) is 23.2 Å². The molecule has 20 heavy (non-hydrogen) atoms. The fourth-order valence-corrected chi connectivity index (χ4v) is 3.67. The van der Waals surface area contributed by atoms with Crippen molar-refractivity contribution < 1.29 is 4.52 Å². The molecule has 3 rings (SSSR count). The summed E-state index contributed by atoms with van der Waals surface area (Å²) in [6, 6.07) is 8.15. The Hall–Kier alpha value is -0.850. The molecule has 1 saturated heterocycles. The normalized spacial score (nSPS) is 22.3. The molecule has 4 nitrogen and oxygen atoms in total. The first kappa shape index (κ1) is 14.1. The zero-order chi connectivity index (χ0) is 14.0. The van der Waals surface area contributed by atoms with Crippen LogP contribution in [0.4, 0.5) is 0 Å². The fourth-order valence-electron chi connectivity index (χ4n) is 2.26. The number of benzene rings is 1. The van der Waals surface area contributed by atoms with E-state index < -0.39 is 0 Å². The van der Waals surface area contributed by atoms with Crippen LogP contribution in [0, 0.1) is 0 Å². The quantitative estimate of drug-likeness (QED) is 0.853. The fraction of sp³-hybridized carbons (Fsp3) is 0.429. The third-order valence-electron chi connectivity index (χ3n) is 3.55. The van der Waals surface area contributed by atoms with Crippen LogP contribution in [-0.2, 0) is 11.2 Å². The number of thioether (sulfide) groups is 1. The summed E-state index contributed by atoms with van der Waals surface area (Å²) in [6.45, 7) is 4.09. The summed E-state index contributed by atoms with van der Waals surface area (Å²) in [5.74, 6) is 2.23. The molecule has 1 aliphatic rings. The van der Waals surface area contributed by atoms with E-state index in [0.717, 1.165) is 41.5 Å². The third kappa shape index (κ3) is 2.92. The molecule has 0 radical (unpaired) electrons. The number of halogens is 1. The van der Waals surface area contributed by atoms with Crippen molar-refractivity contribution in [1.29, 1.82) is 0 Å². The first-order valence-corrected chi connectivity index (χ1v) is 8.36. The lowest BCUT2D eigenvalue weighted by molar-refractivity contribution is 0.305. The largest absolute Gasteiger partial charge is 0.339 e. The van der Waals surface area contributed by atoms with E-state index in [1.807, 2.05) is 18.2 Å². The van der Waals surface area contributed by atoms with Gasteiger partial charge in [0, 0.05) is 15.9 Å². The van der Waals surface area contributed by atoms with Crippen molar-refractivity contribution in [2.24, 2.45) is 0 Å². The molecule has 0 saturated carbocycles. The first-order chi connectivity index (χ1) is 9.67. The van der Waals surface area contributed by atoms with Gasteiger partial charge in [0.15, 0.2) is 5.82 Å². The molecule has 0 bridgehead atoms. The minimum atomic E-state index is -0.0107. The smallest absolute Gasteiger partial charge is 0.233 e. The zero-order valence-corrected chi connectivity index (χ0v) is 13.6. The molecule has 0 amide bonds. The summed E-state index contributed by atoms with van der Waals surface area (Å²) in [6.07, 6.45) is 1.05. The molecule has 106 valence electrons. The molecule has 2 aromatic rings. The maximum atomic E-state index is 5.44. The van der Waals surface area contributed by atoms with Gasteiger partial charge >= 0.3 is 0 Å². The number of hydrogen-bond donors (Lipinski definition) is 1. The number of hydrogen-bond acceptors (Lipinski definition) is 5. The van der Waals surface area contributed by atoms with Gasteiger partial charge < -0.3 is 9.84 Å². The van der Waals surface area contributed by atoms with Gasteiger partial charge in [-0.15, -0.1) is 11.8 Å². The van der Waals surface area contributed by atoms with E-state index >= 15 is 0 Å². The van der Waals surface area contributed by atoms with Gasteiger partial charge in [0.05, 0.1) is 11.2 Å². The summed E-state index contributed by atoms with van der Waals surface area (Å²) in [4.78, 5) is 5.74. The van der Waals surface area contributed by atoms with E-state index in [4.69, 9.17) is 4.52 Å². The molecule has 1 unspecified atom stereocenters. The van der Waals surface area contributed by atoms with E-state index in [9.17, 15) is 0 Å². The minimum Gasteiger partial charge on any atom is -0.339 e. The summed E-state index contributed by atoms with van der Waals surface area (Å²) < 4.78 is 6.54. The predicted octanol–water partition coefficient (Wildman–Crippen LogP) is 3.38. The Morgan fingerprint density at radius 2 is 2.30 bits per heavy atom. The Labute approximate surface area is 130 Å². The molecular weight excluding hydrogens is 338 g/mol. The summed E-state index contributed by atoms with van der Waals surface area (Å²) >= 11 is 5.25. The van der Waals surface area contributed by atoms with Crippen molar-refractivity contribution >= 4 is 27.7 Å². The highest BCUT2D eigenvalue weighted by Crippen LogP contribution is 2.31. The molecule has 6 heteroatoms. The molecule has 2 heterocycles. The highest BCUT2D eigenvalue weighted by molar-refractivity contribution is 9.10. The lowest BCUT2D eigenvalue weighted by Gasteiger charge is -2.15. The predicted molar refractivity (Wildman–Crippen MR) is 82.8 cm³/mol. The van der Waals surface area contributed by atoms with E-state index in [-0.39, 0.29) is 5.41 Å². The SMILES string of the molecule is CC1(c2nc(CSc3ccccc3Br)no2)CCNC1. The van der Waals surface area contributed by atoms with Crippen LogP contribution in [0.3, 0.4) is 0 Å². The maximum absolute atomic E-state index is 5.44. The van der Waals surface area contributed by atoms with Crippen molar-refractivity contribution in [3.05, 3.63) is 40.5 Å². The number of nitrogens with one attached hydrogen (secondary N) is 1. The Bertz CT molecular complexity index is 596. The number of aromatic nitrogens is 2. The highest BCUT2D eigenvalue weighted by Gasteiger charge is 2.36. The van der Waals surface area contributed by atoms with Crippen molar-refractivity contribution in [1.82, 2.24) is 15.5 Å². The first-order valence-electron chi connectivity index (χ1n) is 6.58. The summed E-state index contributed by atoms with van der Waals surface area (Å²) in [7, 11) is 0. The summed E-state index contributed by atoms with van der Waals surface area (Å²) in [5.41, 5.74) is -0.0107. The van der Waals surface area contributed by atoms with E-state index in [1.54, 1.807) is 11.8 Å². The van der Waals surface area contributed by atoms with E-state index in [0.29, 0.717) is 0 Å². The van der Waals surface area contributed by atoms with Crippen LogP contribution in [0.5, 0.6) is 0 Å². The second-order valence-corrected chi connectivity index (χ2v) is 7.09. The van der Waals surface area contributed by atoms with Gasteiger partial charge in [-0.05, 0) is 48.0 Å². The van der Waals surface area contributed by atoms with Crippen LogP contribution in [0.25, 0.3) is 0 Å². The van der Waals surface area contributed by atoms with Gasteiger partial charge in [0.25, 0.3) is 0 Å². The Morgan fingerprint density at radius 3 is 3.05 bits per heavy atom. The van der Waals surface area contributed by atoms with E-state index in [1.165, 1.54) is 4.90 Å². The minimum absolute atomic E-state index is 0.0107. The monoisotopic (exact) mass is 353 g/mol. The Kier molecular flexibility index (Phi) is 4.14. The van der Waals surface area contributed by atoms with Crippen LogP contribution in [0.1, 0.15) is 25.1 Å². The van der Waals surface area contributed by atoms with Crippen LogP contribution in [0.2, 0.25) is 0 Å². The molecule has 1 N–H and O–H groups in total. The van der Waals surface area contributed by atoms with Crippen molar-refractivity contribution in [2.75, 3.05) is 13.1 Å². The molecule has 1 fully saturated rings. The second kappa shape index (κ2) is 5.87. The van der Waals surface area contributed by atoms with Crippen molar-refractivity contribution in [3.8, 4) is 0 Å². The lowest BCUT2D eigenvalue weighted by atomic mass is 9.90. The van der Waals surface area contributed by atoms with Crippen LogP contribution >= 0.6 is 27.7 Å². The lowest BCUT2D eigenvalue weighted by Crippen LogP contribution is -2.25. The van der Waals surface area contributed by atoms with Crippen LogP contribution in [0.15, 0.2) is 38.2 Å². The molecule has 1 atom stereocenters. The van der Waals surface area contributed by atoms with Gasteiger partial charge in [0.1, 0.15) is 0 Å². The highest BCUT2D eigenvalue weighted by atomic mass is 79.9. The molecule has 1 aliphatic heterocycles. The number of nitrogens with zero attached hydrogens (tertiary/aromatic N) is 2. The van der Waals surface area contributed by atoms with Crippen LogP contribution < -0.4 is 5.32 Å². The molecule has 0 spiro atoms. The average molecular weight is 354 g/mol. The summed E-state index contributed by atoms with van der Waals surface area (Å²) in [5, 5.41) is 7.45. The number of rotatable bonds is 4. The Morgan fingerprint density at radius 1 is 1.45 bits per heavy atom. The van der Waals surface area contributed by atoms with Gasteiger partial charge in [-0.1, -0.05) is 17.3 Å². The average Bonchev–Trinajstić information content (AvgIpc) is 3.08. The maximum Gasteiger partial charge on any atom is 0.233 e. The van der Waals surface area contributed by atoms with Gasteiger partial charge in [0.2, 0.25) is 5.89 Å². The van der Waals surface area contributed by atoms with Crippen molar-refractivity contribution in [2.45, 2.75) is 29.4 Å². The standard InChI is InChI=1S/C14H16BrN3OS/c1-14(6-7-16-9-14)13-17-12(18-19-13)8-20-11-5-3-2-4-10(11)15/h2-5,16H,6-9H2,1H3. The van der Waals surface area contributed by atoms with Gasteiger partial charge in [-0.3, -0.25) is 0 Å². The van der Waals surface area contributed by atoms with E-state index in [2.05, 4.69) is 44.4 Å². The molecule has 0 aliphatic carbocycles. The van der Waals surface area contributed by atoms with Gasteiger partial charge in [-0.25, -0.2) is 0 Å². The molecule has 1 aromatic carbocycles. The molecule has 1 aromatic heterocycles. The third-order valence-corrected chi connectivity index (χ3v) is 5.57. The Balaban J connectivity index is 1.67. The zero-order valence-electron chi connectivity index (χ0n) is 11.2.